The molecular formula is C64H100O6. The van der Waals surface area contributed by atoms with E-state index >= 15 is 0 Å². The van der Waals surface area contributed by atoms with Crippen molar-refractivity contribution in [1.29, 1.82) is 0 Å². The molecule has 0 aliphatic heterocycles. The van der Waals surface area contributed by atoms with Gasteiger partial charge in [0.15, 0.2) is 6.10 Å². The van der Waals surface area contributed by atoms with E-state index < -0.39 is 12.1 Å². The number of ether oxygens (including phenoxy) is 3. The van der Waals surface area contributed by atoms with Crippen molar-refractivity contribution < 1.29 is 28.6 Å². The number of hydrogen-bond donors (Lipinski definition) is 0. The highest BCUT2D eigenvalue weighted by Gasteiger charge is 2.19. The van der Waals surface area contributed by atoms with Gasteiger partial charge in [-0.15, -0.1) is 0 Å². The van der Waals surface area contributed by atoms with E-state index in [9.17, 15) is 14.4 Å². The van der Waals surface area contributed by atoms with E-state index in [2.05, 4.69) is 154 Å². The van der Waals surface area contributed by atoms with Crippen molar-refractivity contribution in [2.45, 2.75) is 226 Å². The summed E-state index contributed by atoms with van der Waals surface area (Å²) in [6, 6.07) is 0. The van der Waals surface area contributed by atoms with Gasteiger partial charge in [-0.1, -0.05) is 224 Å². The highest BCUT2D eigenvalue weighted by Crippen LogP contribution is 2.13. The molecule has 0 fully saturated rings. The van der Waals surface area contributed by atoms with Crippen molar-refractivity contribution >= 4 is 17.9 Å². The minimum Gasteiger partial charge on any atom is -0.462 e. The van der Waals surface area contributed by atoms with Crippen LogP contribution in [0.25, 0.3) is 0 Å². The summed E-state index contributed by atoms with van der Waals surface area (Å²) in [7, 11) is 0. The van der Waals surface area contributed by atoms with Crippen molar-refractivity contribution in [3.05, 3.63) is 146 Å². The molecule has 70 heavy (non-hydrogen) atoms. The summed E-state index contributed by atoms with van der Waals surface area (Å²) in [6.45, 7) is 6.25. The number of allylic oxidation sites excluding steroid dienone is 24. The monoisotopic (exact) mass is 965 g/mol. The minimum absolute atomic E-state index is 0.122. The first-order valence-electron chi connectivity index (χ1n) is 27.8. The van der Waals surface area contributed by atoms with Crippen LogP contribution in [0, 0.1) is 0 Å². The van der Waals surface area contributed by atoms with Crippen LogP contribution >= 0.6 is 0 Å². The first-order chi connectivity index (χ1) is 34.5. The third-order valence-electron chi connectivity index (χ3n) is 11.1. The van der Waals surface area contributed by atoms with Gasteiger partial charge in [0.2, 0.25) is 0 Å². The first kappa shape index (κ1) is 65.3. The van der Waals surface area contributed by atoms with E-state index in [4.69, 9.17) is 14.2 Å². The van der Waals surface area contributed by atoms with Crippen LogP contribution < -0.4 is 0 Å². The standard InChI is InChI=1S/C64H100O6/c1-4-7-10-13-16-19-22-24-26-28-30-31-32-33-35-36-38-40-42-45-48-51-54-57-63(66)69-60-61(59-68-62(65)56-53-50-47-44-21-18-15-12-9-6-3)70-64(67)58-55-52-49-46-43-41-39-37-34-29-27-25-23-20-17-14-11-8-5-2/h7-8,10-12,15-17,19-20,24-27,30-31,33-35,37,41,43,49,52,61H,4-6,9,13-14,18,21-23,28-29,32,36,38-40,42,44-48,50-51,53-60H2,1-3H3/b10-7-,11-8-,15-12-,19-16-,20-17-,26-24-,27-25-,31-30-,35-33-,37-34-,43-41-,52-49-. The van der Waals surface area contributed by atoms with Gasteiger partial charge < -0.3 is 14.2 Å². The fourth-order valence-corrected chi connectivity index (χ4v) is 6.97. The molecule has 0 aliphatic carbocycles. The Kier molecular flexibility index (Phi) is 53.0. The molecule has 0 aromatic heterocycles. The van der Waals surface area contributed by atoms with Gasteiger partial charge >= 0.3 is 17.9 Å². The molecule has 0 aromatic carbocycles. The summed E-state index contributed by atoms with van der Waals surface area (Å²) < 4.78 is 16.7. The average molecular weight is 965 g/mol. The van der Waals surface area contributed by atoms with Crippen LogP contribution in [-0.4, -0.2) is 37.2 Å². The number of unbranched alkanes of at least 4 members (excludes halogenated alkanes) is 13. The fourth-order valence-electron chi connectivity index (χ4n) is 6.97. The molecule has 6 heteroatoms. The Morgan fingerprint density at radius 2 is 0.586 bits per heavy atom. The molecule has 0 aromatic rings. The molecule has 0 amide bonds. The molecule has 1 atom stereocenters. The van der Waals surface area contributed by atoms with Gasteiger partial charge in [-0.05, 0) is 122 Å². The van der Waals surface area contributed by atoms with Crippen LogP contribution in [0.15, 0.2) is 146 Å². The van der Waals surface area contributed by atoms with E-state index in [-0.39, 0.29) is 31.6 Å². The van der Waals surface area contributed by atoms with Gasteiger partial charge in [0.25, 0.3) is 0 Å². The zero-order valence-corrected chi connectivity index (χ0v) is 44.7. The third-order valence-corrected chi connectivity index (χ3v) is 11.1. The van der Waals surface area contributed by atoms with Crippen molar-refractivity contribution in [1.82, 2.24) is 0 Å². The summed E-state index contributed by atoms with van der Waals surface area (Å²) in [5.41, 5.74) is 0. The quantitative estimate of drug-likeness (QED) is 0.0262. The van der Waals surface area contributed by atoms with Crippen LogP contribution in [0.4, 0.5) is 0 Å². The Labute approximate surface area is 429 Å². The Bertz CT molecular complexity index is 1580. The van der Waals surface area contributed by atoms with Crippen molar-refractivity contribution in [3.8, 4) is 0 Å². The van der Waals surface area contributed by atoms with E-state index in [0.29, 0.717) is 19.3 Å². The highest BCUT2D eigenvalue weighted by atomic mass is 16.6. The summed E-state index contributed by atoms with van der Waals surface area (Å²) in [4.78, 5) is 38.0. The SMILES string of the molecule is CC/C=C\C/C=C\C/C=C\C/C=C\C/C=C\C/C=C\CCC(=O)OC(COC(=O)CCCCCCC/C=C\CCC)COC(=O)CCCCCCCCC/C=C\C/C=C\C/C=C\C/C=C\C/C=C\CC. The summed E-state index contributed by atoms with van der Waals surface area (Å²) in [6.07, 6.45) is 81.4. The number of hydrogen-bond acceptors (Lipinski definition) is 6. The first-order valence-corrected chi connectivity index (χ1v) is 27.8. The summed E-state index contributed by atoms with van der Waals surface area (Å²) >= 11 is 0. The second kappa shape index (κ2) is 56.9. The van der Waals surface area contributed by atoms with Gasteiger partial charge in [-0.25, -0.2) is 0 Å². The van der Waals surface area contributed by atoms with Crippen molar-refractivity contribution in [3.63, 3.8) is 0 Å². The molecule has 0 N–H and O–H groups in total. The third kappa shape index (κ3) is 54.2. The van der Waals surface area contributed by atoms with Crippen LogP contribution in [0.2, 0.25) is 0 Å². The van der Waals surface area contributed by atoms with Gasteiger partial charge in [-0.3, -0.25) is 14.4 Å². The number of esters is 3. The van der Waals surface area contributed by atoms with Crippen LogP contribution in [0.5, 0.6) is 0 Å². The maximum absolute atomic E-state index is 12.8. The molecule has 392 valence electrons. The molecule has 0 aliphatic rings. The zero-order valence-electron chi connectivity index (χ0n) is 44.7. The minimum atomic E-state index is -0.832. The van der Waals surface area contributed by atoms with Gasteiger partial charge in [0.1, 0.15) is 13.2 Å². The maximum Gasteiger partial charge on any atom is 0.306 e. The molecule has 0 bridgehead atoms. The van der Waals surface area contributed by atoms with Gasteiger partial charge in [0, 0.05) is 19.3 Å². The second-order valence-electron chi connectivity index (χ2n) is 17.7. The van der Waals surface area contributed by atoms with Crippen LogP contribution in [0.3, 0.4) is 0 Å². The summed E-state index contributed by atoms with van der Waals surface area (Å²) in [5.74, 6) is -1.04. The van der Waals surface area contributed by atoms with Crippen molar-refractivity contribution in [2.24, 2.45) is 0 Å². The maximum atomic E-state index is 12.8. The lowest BCUT2D eigenvalue weighted by molar-refractivity contribution is -0.166. The van der Waals surface area contributed by atoms with E-state index in [1.54, 1.807) is 0 Å². The zero-order chi connectivity index (χ0) is 50.7. The normalized spacial score (nSPS) is 13.2. The largest absolute Gasteiger partial charge is 0.462 e. The van der Waals surface area contributed by atoms with Crippen LogP contribution in [0.1, 0.15) is 220 Å². The summed E-state index contributed by atoms with van der Waals surface area (Å²) in [5, 5.41) is 0. The molecule has 0 radical (unpaired) electrons. The lowest BCUT2D eigenvalue weighted by Crippen LogP contribution is -2.30. The van der Waals surface area contributed by atoms with E-state index in [1.165, 1.54) is 38.5 Å². The van der Waals surface area contributed by atoms with E-state index in [1.807, 2.05) is 12.2 Å². The lowest BCUT2D eigenvalue weighted by Gasteiger charge is -2.18. The van der Waals surface area contributed by atoms with E-state index in [0.717, 1.165) is 135 Å². The molecule has 0 spiro atoms. The lowest BCUT2D eigenvalue weighted by atomic mass is 10.1. The van der Waals surface area contributed by atoms with Crippen LogP contribution in [-0.2, 0) is 28.6 Å². The molecule has 0 saturated heterocycles. The average Bonchev–Trinajstić information content (AvgIpc) is 3.36. The number of rotatable bonds is 48. The van der Waals surface area contributed by atoms with Crippen molar-refractivity contribution in [2.75, 3.05) is 13.2 Å². The topological polar surface area (TPSA) is 78.9 Å². The Balaban J connectivity index is 4.47. The molecule has 0 saturated carbocycles. The molecule has 0 heterocycles. The van der Waals surface area contributed by atoms with Gasteiger partial charge in [0.05, 0.1) is 0 Å². The Morgan fingerprint density at radius 3 is 0.943 bits per heavy atom. The predicted octanol–water partition coefficient (Wildman–Crippen LogP) is 18.8. The predicted molar refractivity (Wildman–Crippen MR) is 302 cm³/mol. The smallest absolute Gasteiger partial charge is 0.306 e. The highest BCUT2D eigenvalue weighted by molar-refractivity contribution is 5.71. The Hall–Kier alpha value is -4.71. The fraction of sp³-hybridized carbons (Fsp3) is 0.578. The van der Waals surface area contributed by atoms with Gasteiger partial charge in [-0.2, -0.15) is 0 Å². The molecular weight excluding hydrogens is 865 g/mol. The number of carbonyl (C=O) groups is 3. The second-order valence-corrected chi connectivity index (χ2v) is 17.7. The molecule has 0 rings (SSSR count). The Morgan fingerprint density at radius 1 is 0.300 bits per heavy atom. The number of carbonyl (C=O) groups excluding carboxylic acids is 3. The molecule has 6 nitrogen and oxygen atoms in total. The molecule has 1 unspecified atom stereocenters.